The molecule has 0 radical (unpaired) electrons. The fourth-order valence-corrected chi connectivity index (χ4v) is 1.22. The molecule has 1 aromatic heterocycles. The van der Waals surface area contributed by atoms with Crippen molar-refractivity contribution in [3.63, 3.8) is 0 Å². The summed E-state index contributed by atoms with van der Waals surface area (Å²) in [6, 6.07) is 11.2. The Balaban J connectivity index is 2.30. The number of nitriles is 1. The second-order valence-corrected chi connectivity index (χ2v) is 2.86. The number of nitrogens with zero attached hydrogens (tertiary/aromatic N) is 3. The van der Waals surface area contributed by atoms with Gasteiger partial charge in [-0.2, -0.15) is 10.4 Å². The van der Waals surface area contributed by atoms with Crippen LogP contribution in [0.25, 0.3) is 5.69 Å². The summed E-state index contributed by atoms with van der Waals surface area (Å²) in [6.07, 6.45) is 3.60. The minimum Gasteiger partial charge on any atom is -0.241 e. The maximum atomic E-state index is 8.29. The standard InChI is InChI=1S/C12H7N3/c13-8-1-3-11-4-6-12(7-5-11)15-10-2-9-14-15/h2,4-7,9-10H. The minimum absolute atomic E-state index is 0.826. The molecule has 3 heteroatoms. The zero-order chi connectivity index (χ0) is 10.5. The summed E-state index contributed by atoms with van der Waals surface area (Å²) in [6.45, 7) is 0. The fourth-order valence-electron chi connectivity index (χ4n) is 1.22. The van der Waals surface area contributed by atoms with Gasteiger partial charge in [-0.05, 0) is 30.3 Å². The van der Waals surface area contributed by atoms with Crippen LogP contribution in [0.15, 0.2) is 42.7 Å². The molecule has 1 heterocycles. The molecule has 1 aromatic carbocycles. The molecular weight excluding hydrogens is 186 g/mol. The van der Waals surface area contributed by atoms with Crippen molar-refractivity contribution in [2.24, 2.45) is 0 Å². The van der Waals surface area contributed by atoms with E-state index in [0.29, 0.717) is 0 Å². The van der Waals surface area contributed by atoms with Gasteiger partial charge in [0.1, 0.15) is 0 Å². The van der Waals surface area contributed by atoms with E-state index in [2.05, 4.69) is 16.9 Å². The molecule has 0 aliphatic heterocycles. The Labute approximate surface area is 87.6 Å². The molecule has 0 bridgehead atoms. The molecule has 0 unspecified atom stereocenters. The second-order valence-electron chi connectivity index (χ2n) is 2.86. The highest BCUT2D eigenvalue weighted by molar-refractivity contribution is 5.42. The summed E-state index contributed by atoms with van der Waals surface area (Å²) >= 11 is 0. The molecule has 0 saturated carbocycles. The maximum Gasteiger partial charge on any atom is 0.152 e. The van der Waals surface area contributed by atoms with Crippen LogP contribution in [0.1, 0.15) is 5.56 Å². The Morgan fingerprint density at radius 1 is 1.20 bits per heavy atom. The molecule has 70 valence electrons. The molecule has 0 aliphatic carbocycles. The fraction of sp³-hybridized carbons (Fsp3) is 0. The lowest BCUT2D eigenvalue weighted by Gasteiger charge is -1.99. The number of aromatic nitrogens is 2. The Morgan fingerprint density at radius 2 is 2.00 bits per heavy atom. The normalized spacial score (nSPS) is 8.73. The molecule has 3 nitrogen and oxygen atoms in total. The Morgan fingerprint density at radius 3 is 2.60 bits per heavy atom. The van der Waals surface area contributed by atoms with Gasteiger partial charge in [-0.1, -0.05) is 5.92 Å². The van der Waals surface area contributed by atoms with E-state index < -0.39 is 0 Å². The van der Waals surface area contributed by atoms with E-state index in [0.717, 1.165) is 11.3 Å². The molecule has 2 aromatic rings. The van der Waals surface area contributed by atoms with Gasteiger partial charge in [0.05, 0.1) is 5.69 Å². The van der Waals surface area contributed by atoms with Crippen molar-refractivity contribution in [1.29, 1.82) is 5.26 Å². The van der Waals surface area contributed by atoms with Gasteiger partial charge in [0, 0.05) is 23.9 Å². The number of rotatable bonds is 1. The van der Waals surface area contributed by atoms with E-state index in [4.69, 9.17) is 5.26 Å². The van der Waals surface area contributed by atoms with Crippen LogP contribution in [-0.2, 0) is 0 Å². The van der Waals surface area contributed by atoms with Crippen LogP contribution in [0.2, 0.25) is 0 Å². The smallest absolute Gasteiger partial charge is 0.152 e. The zero-order valence-electron chi connectivity index (χ0n) is 7.88. The third-order valence-electron chi connectivity index (χ3n) is 1.90. The van der Waals surface area contributed by atoms with Crippen molar-refractivity contribution in [2.45, 2.75) is 0 Å². The molecule has 0 fully saturated rings. The predicted octanol–water partition coefficient (Wildman–Crippen LogP) is 1.75. The van der Waals surface area contributed by atoms with Crippen LogP contribution >= 0.6 is 0 Å². The van der Waals surface area contributed by atoms with E-state index in [-0.39, 0.29) is 0 Å². The summed E-state index contributed by atoms with van der Waals surface area (Å²) in [5.74, 6) is 5.08. The van der Waals surface area contributed by atoms with Gasteiger partial charge in [0.15, 0.2) is 6.07 Å². The highest BCUT2D eigenvalue weighted by atomic mass is 15.3. The summed E-state index contributed by atoms with van der Waals surface area (Å²) in [7, 11) is 0. The monoisotopic (exact) mass is 193 g/mol. The first-order chi connectivity index (χ1) is 7.40. The van der Waals surface area contributed by atoms with Gasteiger partial charge in [-0.15, -0.1) is 0 Å². The summed E-state index contributed by atoms with van der Waals surface area (Å²) in [4.78, 5) is 0. The van der Waals surface area contributed by atoms with E-state index in [1.54, 1.807) is 16.9 Å². The molecular formula is C12H7N3. The number of hydrogen-bond acceptors (Lipinski definition) is 2. The van der Waals surface area contributed by atoms with Crippen molar-refractivity contribution in [2.75, 3.05) is 0 Å². The second kappa shape index (κ2) is 4.13. The molecule has 0 spiro atoms. The van der Waals surface area contributed by atoms with E-state index in [9.17, 15) is 0 Å². The number of hydrogen-bond donors (Lipinski definition) is 0. The third-order valence-corrected chi connectivity index (χ3v) is 1.90. The Kier molecular flexibility index (Phi) is 2.49. The molecule has 0 N–H and O–H groups in total. The van der Waals surface area contributed by atoms with Gasteiger partial charge in [0.25, 0.3) is 0 Å². The SMILES string of the molecule is N#CC#Cc1ccc(-n2cccn2)cc1. The first-order valence-electron chi connectivity index (χ1n) is 4.40. The van der Waals surface area contributed by atoms with Crippen molar-refractivity contribution in [1.82, 2.24) is 9.78 Å². The summed E-state index contributed by atoms with van der Waals surface area (Å²) < 4.78 is 1.77. The average Bonchev–Trinajstić information content (AvgIpc) is 2.80. The molecule has 15 heavy (non-hydrogen) atoms. The van der Waals surface area contributed by atoms with Crippen molar-refractivity contribution < 1.29 is 0 Å². The lowest BCUT2D eigenvalue weighted by Crippen LogP contribution is -1.93. The average molecular weight is 193 g/mol. The van der Waals surface area contributed by atoms with Gasteiger partial charge in [0.2, 0.25) is 0 Å². The molecule has 0 atom stereocenters. The predicted molar refractivity (Wildman–Crippen MR) is 56.1 cm³/mol. The summed E-state index contributed by atoms with van der Waals surface area (Å²) in [5.41, 5.74) is 1.80. The summed E-state index contributed by atoms with van der Waals surface area (Å²) in [5, 5.41) is 12.4. The molecule has 0 aliphatic rings. The number of benzene rings is 1. The minimum atomic E-state index is 0.826. The van der Waals surface area contributed by atoms with Gasteiger partial charge in [-0.3, -0.25) is 0 Å². The lowest BCUT2D eigenvalue weighted by molar-refractivity contribution is 0.880. The topological polar surface area (TPSA) is 41.6 Å². The zero-order valence-corrected chi connectivity index (χ0v) is 7.88. The highest BCUT2D eigenvalue weighted by Gasteiger charge is 1.94. The van der Waals surface area contributed by atoms with Crippen LogP contribution in [0, 0.1) is 23.2 Å². The van der Waals surface area contributed by atoms with Crippen molar-refractivity contribution in [3.05, 3.63) is 48.3 Å². The van der Waals surface area contributed by atoms with Crippen LogP contribution < -0.4 is 0 Å². The first kappa shape index (κ1) is 9.05. The van der Waals surface area contributed by atoms with Crippen LogP contribution in [0.3, 0.4) is 0 Å². The van der Waals surface area contributed by atoms with Crippen molar-refractivity contribution >= 4 is 0 Å². The quantitative estimate of drug-likeness (QED) is 0.647. The van der Waals surface area contributed by atoms with Crippen LogP contribution in [0.4, 0.5) is 0 Å². The van der Waals surface area contributed by atoms with E-state index in [1.807, 2.05) is 36.5 Å². The van der Waals surface area contributed by atoms with Crippen LogP contribution in [0.5, 0.6) is 0 Å². The first-order valence-corrected chi connectivity index (χ1v) is 4.40. The molecule has 0 amide bonds. The van der Waals surface area contributed by atoms with Gasteiger partial charge >= 0.3 is 0 Å². The highest BCUT2D eigenvalue weighted by Crippen LogP contribution is 2.07. The van der Waals surface area contributed by atoms with Gasteiger partial charge < -0.3 is 0 Å². The maximum absolute atomic E-state index is 8.29. The van der Waals surface area contributed by atoms with Crippen LogP contribution in [-0.4, -0.2) is 9.78 Å². The Bertz CT molecular complexity index is 533. The van der Waals surface area contributed by atoms with Gasteiger partial charge in [-0.25, -0.2) is 4.68 Å². The molecule has 0 saturated heterocycles. The third kappa shape index (κ3) is 2.04. The Hall–Kier alpha value is -2.52. The van der Waals surface area contributed by atoms with E-state index in [1.165, 1.54) is 0 Å². The largest absolute Gasteiger partial charge is 0.241 e. The van der Waals surface area contributed by atoms with E-state index >= 15 is 0 Å². The van der Waals surface area contributed by atoms with Crippen molar-refractivity contribution in [3.8, 4) is 23.6 Å². The molecule has 2 rings (SSSR count). The lowest BCUT2D eigenvalue weighted by atomic mass is 10.2.